The van der Waals surface area contributed by atoms with Crippen molar-refractivity contribution in [3.8, 4) is 0 Å². The minimum atomic E-state index is 0.880. The van der Waals surface area contributed by atoms with Crippen LogP contribution in [0.5, 0.6) is 0 Å². The van der Waals surface area contributed by atoms with Crippen LogP contribution in [0.25, 0.3) is 0 Å². The summed E-state index contributed by atoms with van der Waals surface area (Å²) >= 11 is 0. The van der Waals surface area contributed by atoms with E-state index in [2.05, 4.69) is 5.32 Å². The average molecular weight is 198 g/mol. The Hall–Kier alpha value is -0.570. The maximum absolute atomic E-state index is 10.4. The molecular weight excluding hydrogens is 176 g/mol. The summed E-state index contributed by atoms with van der Waals surface area (Å²) in [5.74, 6) is 0.880. The van der Waals surface area contributed by atoms with Crippen molar-refractivity contribution in [2.24, 2.45) is 5.92 Å². The van der Waals surface area contributed by atoms with Crippen LogP contribution in [0.15, 0.2) is 0 Å². The Morgan fingerprint density at radius 2 is 2.29 bits per heavy atom. The van der Waals surface area contributed by atoms with Gasteiger partial charge in [-0.25, -0.2) is 0 Å². The third kappa shape index (κ3) is 4.61. The monoisotopic (exact) mass is 198 g/mol. The lowest BCUT2D eigenvalue weighted by molar-refractivity contribution is -0.117. The summed E-state index contributed by atoms with van der Waals surface area (Å²) in [6.45, 7) is 3.27. The maximum Gasteiger partial charge on any atom is 0.209 e. The van der Waals surface area contributed by atoms with Crippen LogP contribution in [0, 0.1) is 5.92 Å². The highest BCUT2D eigenvalue weighted by Gasteiger charge is 2.11. The zero-order chi connectivity index (χ0) is 10.2. The second-order valence-corrected chi connectivity index (χ2v) is 4.28. The van der Waals surface area contributed by atoms with Gasteiger partial charge in [-0.1, -0.05) is 0 Å². The van der Waals surface area contributed by atoms with Gasteiger partial charge in [-0.05, 0) is 51.1 Å². The molecule has 14 heavy (non-hydrogen) atoms. The van der Waals surface area contributed by atoms with E-state index in [1.165, 1.54) is 38.8 Å². The molecule has 1 rings (SSSR count). The summed E-state index contributed by atoms with van der Waals surface area (Å²) in [7, 11) is 1.85. The fraction of sp³-hybridized carbons (Fsp3) is 0.909. The van der Waals surface area contributed by atoms with Crippen molar-refractivity contribution in [1.82, 2.24) is 10.2 Å². The Balaban J connectivity index is 2.07. The van der Waals surface area contributed by atoms with Crippen molar-refractivity contribution >= 4 is 6.41 Å². The van der Waals surface area contributed by atoms with Gasteiger partial charge in [-0.15, -0.1) is 0 Å². The van der Waals surface area contributed by atoms with E-state index in [-0.39, 0.29) is 0 Å². The maximum atomic E-state index is 10.4. The van der Waals surface area contributed by atoms with Crippen molar-refractivity contribution < 1.29 is 4.79 Å². The molecule has 3 nitrogen and oxygen atoms in total. The number of carbonyl (C=O) groups excluding carboxylic acids is 1. The third-order valence-corrected chi connectivity index (χ3v) is 3.00. The largest absolute Gasteiger partial charge is 0.348 e. The van der Waals surface area contributed by atoms with Gasteiger partial charge in [0.15, 0.2) is 0 Å². The molecule has 0 radical (unpaired) electrons. The zero-order valence-electron chi connectivity index (χ0n) is 9.17. The molecule has 1 unspecified atom stereocenters. The van der Waals surface area contributed by atoms with Crippen molar-refractivity contribution in [2.75, 3.05) is 26.7 Å². The van der Waals surface area contributed by atoms with E-state index in [1.807, 2.05) is 7.05 Å². The molecule has 0 aromatic rings. The molecule has 1 saturated heterocycles. The molecule has 3 heteroatoms. The van der Waals surface area contributed by atoms with E-state index in [0.717, 1.165) is 25.3 Å². The molecule has 0 aromatic carbocycles. The number of hydrogen-bond acceptors (Lipinski definition) is 2. The molecule has 1 aliphatic rings. The van der Waals surface area contributed by atoms with Crippen molar-refractivity contribution in [1.29, 1.82) is 0 Å². The topological polar surface area (TPSA) is 32.3 Å². The summed E-state index contributed by atoms with van der Waals surface area (Å²) in [5, 5.41) is 3.42. The molecule has 0 saturated carbocycles. The summed E-state index contributed by atoms with van der Waals surface area (Å²) in [6, 6.07) is 0. The molecule has 0 aromatic heterocycles. The molecule has 0 spiro atoms. The summed E-state index contributed by atoms with van der Waals surface area (Å²) < 4.78 is 0. The smallest absolute Gasteiger partial charge is 0.209 e. The van der Waals surface area contributed by atoms with Crippen molar-refractivity contribution in [2.45, 2.75) is 32.1 Å². The van der Waals surface area contributed by atoms with E-state index in [9.17, 15) is 4.79 Å². The molecule has 1 aliphatic heterocycles. The first-order valence-electron chi connectivity index (χ1n) is 5.69. The fourth-order valence-corrected chi connectivity index (χ4v) is 2.06. The minimum absolute atomic E-state index is 0.880. The molecule has 1 fully saturated rings. The van der Waals surface area contributed by atoms with Crippen molar-refractivity contribution in [3.05, 3.63) is 0 Å². The predicted octanol–water partition coefficient (Wildman–Crippen LogP) is 1.24. The van der Waals surface area contributed by atoms with Gasteiger partial charge >= 0.3 is 0 Å². The van der Waals surface area contributed by atoms with Crippen LogP contribution in [-0.2, 0) is 4.79 Å². The second-order valence-electron chi connectivity index (χ2n) is 4.28. The Labute approximate surface area is 86.9 Å². The van der Waals surface area contributed by atoms with Crippen LogP contribution >= 0.6 is 0 Å². The van der Waals surface area contributed by atoms with Crippen LogP contribution in [0.4, 0.5) is 0 Å². The van der Waals surface area contributed by atoms with Gasteiger partial charge in [-0.2, -0.15) is 0 Å². The summed E-state index contributed by atoms with van der Waals surface area (Å²) in [5.41, 5.74) is 0. The number of hydrogen-bond donors (Lipinski definition) is 1. The lowest BCUT2D eigenvalue weighted by atomic mass is 9.95. The Morgan fingerprint density at radius 3 is 3.07 bits per heavy atom. The van der Waals surface area contributed by atoms with E-state index >= 15 is 0 Å². The number of nitrogens with one attached hydrogen (secondary N) is 1. The fourth-order valence-electron chi connectivity index (χ4n) is 2.06. The zero-order valence-corrected chi connectivity index (χ0v) is 9.17. The Bertz CT molecular complexity index is 153. The lowest BCUT2D eigenvalue weighted by Gasteiger charge is -2.15. The normalized spacial score (nSPS) is 22.8. The highest BCUT2D eigenvalue weighted by Crippen LogP contribution is 2.18. The summed E-state index contributed by atoms with van der Waals surface area (Å²) in [4.78, 5) is 12.1. The molecule has 0 bridgehead atoms. The predicted molar refractivity (Wildman–Crippen MR) is 58.1 cm³/mol. The quantitative estimate of drug-likeness (QED) is 0.674. The SMILES string of the molecule is CN(C=O)CCCC1CCCNCC1. The molecular formula is C11H22N2O. The van der Waals surface area contributed by atoms with Crippen LogP contribution in [0.1, 0.15) is 32.1 Å². The van der Waals surface area contributed by atoms with E-state index < -0.39 is 0 Å². The third-order valence-electron chi connectivity index (χ3n) is 3.00. The molecule has 1 amide bonds. The Morgan fingerprint density at radius 1 is 1.43 bits per heavy atom. The van der Waals surface area contributed by atoms with Gasteiger partial charge in [-0.3, -0.25) is 4.79 Å². The van der Waals surface area contributed by atoms with Gasteiger partial charge in [0, 0.05) is 13.6 Å². The highest BCUT2D eigenvalue weighted by molar-refractivity contribution is 5.46. The van der Waals surface area contributed by atoms with Gasteiger partial charge in [0.2, 0.25) is 6.41 Å². The Kier molecular flexibility index (Phi) is 5.60. The molecule has 82 valence electrons. The second kappa shape index (κ2) is 6.82. The molecule has 1 heterocycles. The van der Waals surface area contributed by atoms with Crippen LogP contribution in [-0.4, -0.2) is 38.0 Å². The number of amides is 1. The first-order chi connectivity index (χ1) is 6.83. The van der Waals surface area contributed by atoms with E-state index in [0.29, 0.717) is 0 Å². The van der Waals surface area contributed by atoms with Crippen LogP contribution in [0.3, 0.4) is 0 Å². The van der Waals surface area contributed by atoms with Gasteiger partial charge in [0.1, 0.15) is 0 Å². The van der Waals surface area contributed by atoms with Gasteiger partial charge in [0.05, 0.1) is 0 Å². The van der Waals surface area contributed by atoms with E-state index in [1.54, 1.807) is 4.90 Å². The summed E-state index contributed by atoms with van der Waals surface area (Å²) in [6.07, 6.45) is 7.32. The van der Waals surface area contributed by atoms with Crippen LogP contribution in [0.2, 0.25) is 0 Å². The minimum Gasteiger partial charge on any atom is -0.348 e. The molecule has 0 aliphatic carbocycles. The lowest BCUT2D eigenvalue weighted by Crippen LogP contribution is -2.18. The number of carbonyl (C=O) groups is 1. The molecule has 1 atom stereocenters. The van der Waals surface area contributed by atoms with Gasteiger partial charge < -0.3 is 10.2 Å². The first-order valence-corrected chi connectivity index (χ1v) is 5.69. The standard InChI is InChI=1S/C11H22N2O/c1-13(10-14)9-3-5-11-4-2-7-12-8-6-11/h10-12H,2-9H2,1H3. The van der Waals surface area contributed by atoms with Crippen molar-refractivity contribution in [3.63, 3.8) is 0 Å². The van der Waals surface area contributed by atoms with E-state index in [4.69, 9.17) is 0 Å². The average Bonchev–Trinajstić information content (AvgIpc) is 2.46. The molecule has 1 N–H and O–H groups in total. The number of nitrogens with zero attached hydrogens (tertiary/aromatic N) is 1. The van der Waals surface area contributed by atoms with Crippen LogP contribution < -0.4 is 5.32 Å². The number of rotatable bonds is 5. The highest BCUT2D eigenvalue weighted by atomic mass is 16.1. The first kappa shape index (κ1) is 11.5. The van der Waals surface area contributed by atoms with Gasteiger partial charge in [0.25, 0.3) is 0 Å².